The molecule has 3 aliphatic rings. The van der Waals surface area contributed by atoms with E-state index in [0.29, 0.717) is 18.5 Å². The van der Waals surface area contributed by atoms with E-state index in [2.05, 4.69) is 18.2 Å². The SMILES string of the molecule is N#Cc1cccc(N2C[C@H](c3ccc(OC4CCCC4)c(OC4CCCC4)c3)CC2=O)c1. The summed E-state index contributed by atoms with van der Waals surface area (Å²) in [7, 11) is 0. The van der Waals surface area contributed by atoms with Gasteiger partial charge in [-0.2, -0.15) is 5.26 Å². The lowest BCUT2D eigenvalue weighted by Gasteiger charge is -2.22. The molecule has 0 bridgehead atoms. The van der Waals surface area contributed by atoms with Crippen LogP contribution in [-0.4, -0.2) is 24.7 Å². The first-order valence-electron chi connectivity index (χ1n) is 12.0. The quantitative estimate of drug-likeness (QED) is 0.588. The van der Waals surface area contributed by atoms with E-state index >= 15 is 0 Å². The van der Waals surface area contributed by atoms with Crippen molar-refractivity contribution in [1.82, 2.24) is 0 Å². The van der Waals surface area contributed by atoms with Gasteiger partial charge in [0.15, 0.2) is 11.5 Å². The molecular weight excluding hydrogens is 400 g/mol. The van der Waals surface area contributed by atoms with E-state index in [1.165, 1.54) is 25.7 Å². The number of carbonyl (C=O) groups is 1. The molecule has 32 heavy (non-hydrogen) atoms. The molecule has 2 aromatic rings. The van der Waals surface area contributed by atoms with Crippen LogP contribution < -0.4 is 14.4 Å². The molecule has 166 valence electrons. The molecule has 0 aromatic heterocycles. The minimum absolute atomic E-state index is 0.0923. The number of ether oxygens (including phenoxy) is 2. The van der Waals surface area contributed by atoms with Crippen LogP contribution in [0.4, 0.5) is 5.69 Å². The van der Waals surface area contributed by atoms with E-state index in [-0.39, 0.29) is 24.0 Å². The first kappa shape index (κ1) is 20.9. The fraction of sp³-hybridized carbons (Fsp3) is 0.481. The second kappa shape index (κ2) is 9.24. The minimum Gasteiger partial charge on any atom is -0.487 e. The van der Waals surface area contributed by atoms with Gasteiger partial charge in [0.2, 0.25) is 5.91 Å². The Hall–Kier alpha value is -3.00. The van der Waals surface area contributed by atoms with Gasteiger partial charge in [0.1, 0.15) is 0 Å². The molecule has 3 fully saturated rings. The summed E-state index contributed by atoms with van der Waals surface area (Å²) in [6.45, 7) is 0.611. The second-order valence-electron chi connectivity index (χ2n) is 9.32. The van der Waals surface area contributed by atoms with Gasteiger partial charge >= 0.3 is 0 Å². The van der Waals surface area contributed by atoms with Crippen molar-refractivity contribution in [2.24, 2.45) is 0 Å². The van der Waals surface area contributed by atoms with Crippen LogP contribution in [0.15, 0.2) is 42.5 Å². The number of anilines is 1. The first-order valence-corrected chi connectivity index (χ1v) is 12.0. The predicted octanol–water partition coefficient (Wildman–Crippen LogP) is 5.72. The van der Waals surface area contributed by atoms with Crippen LogP contribution in [0.5, 0.6) is 11.5 Å². The molecular formula is C27H30N2O3. The Balaban J connectivity index is 1.37. The normalized spacial score (nSPS) is 21.8. The lowest BCUT2D eigenvalue weighted by Crippen LogP contribution is -2.24. The summed E-state index contributed by atoms with van der Waals surface area (Å²) in [5.41, 5.74) is 2.48. The van der Waals surface area contributed by atoms with Gasteiger partial charge in [-0.1, -0.05) is 12.1 Å². The van der Waals surface area contributed by atoms with E-state index in [1.54, 1.807) is 17.0 Å². The summed E-state index contributed by atoms with van der Waals surface area (Å²) >= 11 is 0. The van der Waals surface area contributed by atoms with Crippen LogP contribution in [0.3, 0.4) is 0 Å². The highest BCUT2D eigenvalue weighted by molar-refractivity contribution is 5.96. The molecule has 1 heterocycles. The van der Waals surface area contributed by atoms with Crippen molar-refractivity contribution in [3.8, 4) is 17.6 Å². The molecule has 5 rings (SSSR count). The van der Waals surface area contributed by atoms with Crippen molar-refractivity contribution in [3.05, 3.63) is 53.6 Å². The van der Waals surface area contributed by atoms with Gasteiger partial charge in [-0.05, 0) is 87.3 Å². The Bertz CT molecular complexity index is 1020. The third kappa shape index (κ3) is 4.46. The van der Waals surface area contributed by atoms with Crippen LogP contribution in [0.1, 0.15) is 74.8 Å². The van der Waals surface area contributed by atoms with Gasteiger partial charge in [-0.25, -0.2) is 0 Å². The summed E-state index contributed by atoms with van der Waals surface area (Å²) in [5.74, 6) is 1.86. The standard InChI is InChI=1S/C27H30N2O3/c28-17-19-6-5-7-22(14-19)29-18-21(16-27(29)30)20-12-13-25(31-23-8-1-2-9-23)26(15-20)32-24-10-3-4-11-24/h5-7,12-15,21,23-24H,1-4,8-11,16,18H2/t21-/m1/s1. The Labute approximate surface area is 189 Å². The topological polar surface area (TPSA) is 62.6 Å². The van der Waals surface area contributed by atoms with Crippen molar-refractivity contribution >= 4 is 11.6 Å². The van der Waals surface area contributed by atoms with E-state index in [1.807, 2.05) is 18.2 Å². The fourth-order valence-corrected chi connectivity index (χ4v) is 5.26. The third-order valence-corrected chi connectivity index (χ3v) is 7.04. The average molecular weight is 431 g/mol. The van der Waals surface area contributed by atoms with Crippen molar-refractivity contribution in [2.75, 3.05) is 11.4 Å². The largest absolute Gasteiger partial charge is 0.487 e. The van der Waals surface area contributed by atoms with Crippen LogP contribution in [-0.2, 0) is 4.79 Å². The van der Waals surface area contributed by atoms with Gasteiger partial charge in [0.25, 0.3) is 0 Å². The molecule has 1 atom stereocenters. The molecule has 1 saturated heterocycles. The number of carbonyl (C=O) groups excluding carboxylic acids is 1. The number of nitriles is 1. The molecule has 0 spiro atoms. The zero-order valence-corrected chi connectivity index (χ0v) is 18.5. The molecule has 0 N–H and O–H groups in total. The molecule has 2 aliphatic carbocycles. The van der Waals surface area contributed by atoms with E-state index in [0.717, 1.165) is 48.4 Å². The van der Waals surface area contributed by atoms with Gasteiger partial charge in [0, 0.05) is 24.6 Å². The Kier molecular flexibility index (Phi) is 6.03. The summed E-state index contributed by atoms with van der Waals surface area (Å²) in [6.07, 6.45) is 10.3. The van der Waals surface area contributed by atoms with Crippen molar-refractivity contribution < 1.29 is 14.3 Å². The number of hydrogen-bond acceptors (Lipinski definition) is 4. The van der Waals surface area contributed by atoms with Gasteiger partial charge < -0.3 is 14.4 Å². The highest BCUT2D eigenvalue weighted by Crippen LogP contribution is 2.39. The maximum atomic E-state index is 12.8. The Morgan fingerprint density at radius 2 is 1.56 bits per heavy atom. The Morgan fingerprint density at radius 1 is 0.875 bits per heavy atom. The number of amides is 1. The fourth-order valence-electron chi connectivity index (χ4n) is 5.26. The number of benzene rings is 2. The minimum atomic E-state index is 0.0923. The number of hydrogen-bond donors (Lipinski definition) is 0. The number of rotatable bonds is 6. The Morgan fingerprint density at radius 3 is 2.25 bits per heavy atom. The van der Waals surface area contributed by atoms with Gasteiger partial charge in [0.05, 0.1) is 23.8 Å². The summed E-state index contributed by atoms with van der Waals surface area (Å²) < 4.78 is 12.8. The lowest BCUT2D eigenvalue weighted by atomic mass is 9.97. The highest BCUT2D eigenvalue weighted by Gasteiger charge is 2.33. The molecule has 5 nitrogen and oxygen atoms in total. The summed E-state index contributed by atoms with van der Waals surface area (Å²) in [5, 5.41) is 9.20. The second-order valence-corrected chi connectivity index (χ2v) is 9.32. The molecule has 1 aliphatic heterocycles. The highest BCUT2D eigenvalue weighted by atomic mass is 16.5. The van der Waals surface area contributed by atoms with E-state index < -0.39 is 0 Å². The lowest BCUT2D eigenvalue weighted by molar-refractivity contribution is -0.117. The van der Waals surface area contributed by atoms with Crippen LogP contribution in [0.2, 0.25) is 0 Å². The van der Waals surface area contributed by atoms with E-state index in [9.17, 15) is 10.1 Å². The maximum Gasteiger partial charge on any atom is 0.227 e. The summed E-state index contributed by atoms with van der Waals surface area (Å²) in [4.78, 5) is 14.6. The molecule has 0 unspecified atom stereocenters. The first-order chi connectivity index (χ1) is 15.7. The molecule has 2 saturated carbocycles. The van der Waals surface area contributed by atoms with Crippen LogP contribution in [0, 0.1) is 11.3 Å². The monoisotopic (exact) mass is 430 g/mol. The maximum absolute atomic E-state index is 12.8. The smallest absolute Gasteiger partial charge is 0.227 e. The summed E-state index contributed by atoms with van der Waals surface area (Å²) in [6, 6.07) is 15.7. The van der Waals surface area contributed by atoms with Crippen molar-refractivity contribution in [3.63, 3.8) is 0 Å². The van der Waals surface area contributed by atoms with Crippen molar-refractivity contribution in [2.45, 2.75) is 75.9 Å². The molecule has 2 aromatic carbocycles. The molecule has 5 heteroatoms. The van der Waals surface area contributed by atoms with E-state index in [4.69, 9.17) is 9.47 Å². The zero-order chi connectivity index (χ0) is 21.9. The van der Waals surface area contributed by atoms with Gasteiger partial charge in [-0.3, -0.25) is 4.79 Å². The van der Waals surface area contributed by atoms with Crippen molar-refractivity contribution in [1.29, 1.82) is 5.26 Å². The predicted molar refractivity (Wildman–Crippen MR) is 123 cm³/mol. The van der Waals surface area contributed by atoms with Crippen LogP contribution in [0.25, 0.3) is 0 Å². The van der Waals surface area contributed by atoms with Crippen LogP contribution >= 0.6 is 0 Å². The van der Waals surface area contributed by atoms with Gasteiger partial charge in [-0.15, -0.1) is 0 Å². The molecule has 1 amide bonds. The zero-order valence-electron chi connectivity index (χ0n) is 18.5. The average Bonchev–Trinajstić information content (AvgIpc) is 3.58. The third-order valence-electron chi connectivity index (χ3n) is 7.04. The number of nitrogens with zero attached hydrogens (tertiary/aromatic N) is 2. The molecule has 0 radical (unpaired) electrons.